The van der Waals surface area contributed by atoms with E-state index in [1.165, 1.54) is 0 Å². The van der Waals surface area contributed by atoms with Gasteiger partial charge in [-0.05, 0) is 34.5 Å². The topological polar surface area (TPSA) is 17.1 Å². The molecule has 4 rings (SSSR count). The Morgan fingerprint density at radius 1 is 0.828 bits per heavy atom. The van der Waals surface area contributed by atoms with E-state index in [-0.39, 0.29) is 0 Å². The monoisotopic (exact) mass is 476 g/mol. The van der Waals surface area contributed by atoms with E-state index < -0.39 is 7.14 Å². The van der Waals surface area contributed by atoms with Crippen LogP contribution >= 0.6 is 34.4 Å². The van der Waals surface area contributed by atoms with Crippen molar-refractivity contribution in [1.29, 1.82) is 0 Å². The van der Waals surface area contributed by atoms with Crippen LogP contribution in [0.15, 0.2) is 112 Å². The van der Waals surface area contributed by atoms with E-state index in [1.807, 2.05) is 102 Å². The van der Waals surface area contributed by atoms with Crippen LogP contribution in [-0.2, 0) is 4.57 Å². The Balaban J connectivity index is 2.06. The fourth-order valence-electron chi connectivity index (χ4n) is 3.18. The molecule has 0 aliphatic heterocycles. The number of thiophene rings is 1. The molecular formula is C25H18BrOPS. The zero-order valence-corrected chi connectivity index (χ0v) is 18.8. The summed E-state index contributed by atoms with van der Waals surface area (Å²) in [7, 11) is -3.15. The molecule has 1 nitrogen and oxygen atoms in total. The fraction of sp³-hybridized carbons (Fsp3) is 0. The molecule has 0 radical (unpaired) electrons. The van der Waals surface area contributed by atoms with Crippen molar-refractivity contribution < 1.29 is 4.57 Å². The van der Waals surface area contributed by atoms with E-state index in [2.05, 4.69) is 27.0 Å². The molecular weight excluding hydrogens is 459 g/mol. The van der Waals surface area contributed by atoms with Gasteiger partial charge in [-0.3, -0.25) is 0 Å². The summed E-state index contributed by atoms with van der Waals surface area (Å²) in [6.07, 6.45) is 1.92. The summed E-state index contributed by atoms with van der Waals surface area (Å²) in [6, 6.07) is 29.3. The first-order valence-electron chi connectivity index (χ1n) is 9.15. The predicted octanol–water partition coefficient (Wildman–Crippen LogP) is 7.18. The Morgan fingerprint density at radius 3 is 1.97 bits per heavy atom. The van der Waals surface area contributed by atoms with Crippen molar-refractivity contribution in [2.75, 3.05) is 0 Å². The molecule has 0 N–H and O–H groups in total. The van der Waals surface area contributed by atoms with Gasteiger partial charge < -0.3 is 4.57 Å². The smallest absolute Gasteiger partial charge is 0.179 e. The van der Waals surface area contributed by atoms with Crippen LogP contribution in [0.3, 0.4) is 0 Å². The minimum absolute atomic E-state index is 0.688. The van der Waals surface area contributed by atoms with Gasteiger partial charge in [-0.15, -0.1) is 5.73 Å². The van der Waals surface area contributed by atoms with Gasteiger partial charge in [0.05, 0.1) is 5.31 Å². The molecule has 4 aromatic rings. The molecule has 0 bridgehead atoms. The first-order valence-corrected chi connectivity index (χ1v) is 12.6. The Hall–Kier alpha value is -2.41. The third kappa shape index (κ3) is 4.15. The lowest BCUT2D eigenvalue weighted by atomic mass is 10.2. The van der Waals surface area contributed by atoms with Crippen molar-refractivity contribution in [3.8, 4) is 0 Å². The second-order valence-corrected chi connectivity index (χ2v) is 10.8. The lowest BCUT2D eigenvalue weighted by Crippen LogP contribution is -2.17. The minimum atomic E-state index is -3.15. The van der Waals surface area contributed by atoms with Crippen LogP contribution < -0.4 is 10.6 Å². The van der Waals surface area contributed by atoms with Crippen molar-refractivity contribution in [3.63, 3.8) is 0 Å². The maximum atomic E-state index is 14.9. The molecule has 0 saturated carbocycles. The van der Waals surface area contributed by atoms with Gasteiger partial charge in [-0.2, -0.15) is 11.3 Å². The third-order valence-corrected chi connectivity index (χ3v) is 9.05. The second kappa shape index (κ2) is 8.95. The van der Waals surface area contributed by atoms with Gasteiger partial charge in [0.2, 0.25) is 0 Å². The number of hydrogen-bond donors (Lipinski definition) is 0. The third-order valence-electron chi connectivity index (χ3n) is 4.60. The van der Waals surface area contributed by atoms with Crippen LogP contribution in [-0.4, -0.2) is 0 Å². The molecule has 3 aromatic carbocycles. The standard InChI is InChI=1S/C25H18BrOPS/c26-24-14-8-7-13-23(24)25(16-15-20-17-18-29-19-20)28(27,21-9-3-1-4-10-21)22-11-5-2-6-12-22/h1-15,17-19H. The van der Waals surface area contributed by atoms with Crippen molar-refractivity contribution in [1.82, 2.24) is 0 Å². The number of benzene rings is 3. The van der Waals surface area contributed by atoms with Crippen molar-refractivity contribution in [2.24, 2.45) is 0 Å². The maximum Gasteiger partial charge on any atom is 0.179 e. The van der Waals surface area contributed by atoms with Gasteiger partial charge in [0.15, 0.2) is 7.14 Å². The van der Waals surface area contributed by atoms with Crippen LogP contribution in [0.2, 0.25) is 0 Å². The zero-order valence-electron chi connectivity index (χ0n) is 15.5. The SMILES string of the molecule is O=P(C(=C=Cc1ccsc1)c1ccccc1Br)(c1ccccc1)c1ccccc1. The number of hydrogen-bond acceptors (Lipinski definition) is 2. The summed E-state index contributed by atoms with van der Waals surface area (Å²) in [5.41, 5.74) is 5.35. The van der Waals surface area contributed by atoms with E-state index >= 15 is 0 Å². The summed E-state index contributed by atoms with van der Waals surface area (Å²) in [4.78, 5) is 0. The van der Waals surface area contributed by atoms with Crippen LogP contribution in [0, 0.1) is 0 Å². The molecule has 0 atom stereocenters. The lowest BCUT2D eigenvalue weighted by molar-refractivity contribution is 0.593. The lowest BCUT2D eigenvalue weighted by Gasteiger charge is -2.22. The van der Waals surface area contributed by atoms with Crippen LogP contribution in [0.5, 0.6) is 0 Å². The fourth-order valence-corrected chi connectivity index (χ4v) is 7.22. The highest BCUT2D eigenvalue weighted by atomic mass is 79.9. The van der Waals surface area contributed by atoms with E-state index in [0.717, 1.165) is 26.2 Å². The predicted molar refractivity (Wildman–Crippen MR) is 130 cm³/mol. The van der Waals surface area contributed by atoms with Gasteiger partial charge in [-0.25, -0.2) is 0 Å². The molecule has 0 aliphatic rings. The zero-order chi connectivity index (χ0) is 20.1. The summed E-state index contributed by atoms with van der Waals surface area (Å²) in [5.74, 6) is 0. The summed E-state index contributed by atoms with van der Waals surface area (Å²) >= 11 is 5.29. The molecule has 4 heteroatoms. The first-order chi connectivity index (χ1) is 14.2. The Morgan fingerprint density at radius 2 is 1.41 bits per heavy atom. The van der Waals surface area contributed by atoms with Crippen LogP contribution in [0.4, 0.5) is 0 Å². The van der Waals surface area contributed by atoms with Crippen LogP contribution in [0.1, 0.15) is 11.1 Å². The van der Waals surface area contributed by atoms with Gasteiger partial charge in [0, 0.05) is 20.6 Å². The molecule has 0 unspecified atom stereocenters. The minimum Gasteiger partial charge on any atom is -0.308 e. The van der Waals surface area contributed by atoms with Crippen molar-refractivity contribution in [3.05, 3.63) is 123 Å². The second-order valence-electron chi connectivity index (χ2n) is 6.45. The van der Waals surface area contributed by atoms with Crippen molar-refractivity contribution in [2.45, 2.75) is 0 Å². The summed E-state index contributed by atoms with van der Waals surface area (Å²) in [5, 5.41) is 6.36. The highest BCUT2D eigenvalue weighted by Crippen LogP contribution is 2.57. The Bertz CT molecular complexity index is 1160. The Kier molecular flexibility index (Phi) is 6.13. The maximum absolute atomic E-state index is 14.9. The van der Waals surface area contributed by atoms with E-state index in [1.54, 1.807) is 11.3 Å². The normalized spacial score (nSPS) is 10.9. The van der Waals surface area contributed by atoms with Crippen LogP contribution in [0.25, 0.3) is 11.4 Å². The Labute approximate surface area is 183 Å². The largest absolute Gasteiger partial charge is 0.308 e. The summed E-state index contributed by atoms with van der Waals surface area (Å²) in [6.45, 7) is 0. The molecule has 1 aromatic heterocycles. The average molecular weight is 477 g/mol. The highest BCUT2D eigenvalue weighted by molar-refractivity contribution is 9.10. The molecule has 0 spiro atoms. The molecule has 0 aliphatic carbocycles. The highest BCUT2D eigenvalue weighted by Gasteiger charge is 2.33. The average Bonchev–Trinajstić information content (AvgIpc) is 3.30. The summed E-state index contributed by atoms with van der Waals surface area (Å²) < 4.78 is 15.8. The molecule has 142 valence electrons. The first kappa shape index (κ1) is 19.9. The molecule has 1 heterocycles. The van der Waals surface area contributed by atoms with Crippen molar-refractivity contribution >= 4 is 56.4 Å². The van der Waals surface area contributed by atoms with E-state index in [9.17, 15) is 4.57 Å². The number of rotatable bonds is 5. The molecule has 0 fully saturated rings. The molecule has 0 amide bonds. The molecule has 0 saturated heterocycles. The van der Waals surface area contributed by atoms with Gasteiger partial charge in [-0.1, -0.05) is 94.8 Å². The van der Waals surface area contributed by atoms with E-state index in [0.29, 0.717) is 5.31 Å². The van der Waals surface area contributed by atoms with Gasteiger partial charge in [0.25, 0.3) is 0 Å². The number of halogens is 1. The van der Waals surface area contributed by atoms with Gasteiger partial charge in [0.1, 0.15) is 0 Å². The quantitative estimate of drug-likeness (QED) is 0.220. The van der Waals surface area contributed by atoms with E-state index in [4.69, 9.17) is 0 Å². The van der Waals surface area contributed by atoms with Gasteiger partial charge >= 0.3 is 0 Å². The molecule has 29 heavy (non-hydrogen) atoms.